The molecule has 4 atom stereocenters. The van der Waals surface area contributed by atoms with Crippen LogP contribution in [0.2, 0.25) is 0 Å². The minimum absolute atomic E-state index is 0.225. The van der Waals surface area contributed by atoms with Gasteiger partial charge in [-0.2, -0.15) is 0 Å². The van der Waals surface area contributed by atoms with Gasteiger partial charge in [0.1, 0.15) is 5.78 Å². The number of aliphatic hydroxyl groups is 1. The summed E-state index contributed by atoms with van der Waals surface area (Å²) in [7, 11) is 0. The van der Waals surface area contributed by atoms with Crippen LogP contribution in [0.3, 0.4) is 0 Å². The fraction of sp³-hybridized carbons (Fsp3) is 0.609. The molecule has 0 aromatic rings. The van der Waals surface area contributed by atoms with Crippen LogP contribution < -0.4 is 0 Å². The summed E-state index contributed by atoms with van der Waals surface area (Å²) in [5, 5.41) is 10.1. The summed E-state index contributed by atoms with van der Waals surface area (Å²) in [5.74, 6) is 2.03. The van der Waals surface area contributed by atoms with Crippen LogP contribution in [0.15, 0.2) is 47.3 Å². The van der Waals surface area contributed by atoms with E-state index in [4.69, 9.17) is 0 Å². The second-order valence-corrected chi connectivity index (χ2v) is 9.28. The van der Waals surface area contributed by atoms with Crippen molar-refractivity contribution in [3.63, 3.8) is 0 Å². The zero-order valence-electron chi connectivity index (χ0n) is 16.6. The Balaban J connectivity index is 2.24. The zero-order valence-corrected chi connectivity index (χ0v) is 18.8. The lowest BCUT2D eigenvalue weighted by Crippen LogP contribution is -2.36. The van der Waals surface area contributed by atoms with Crippen molar-refractivity contribution < 1.29 is 9.90 Å². The maximum atomic E-state index is 12.6. The van der Waals surface area contributed by atoms with Gasteiger partial charge in [0, 0.05) is 11.8 Å². The van der Waals surface area contributed by atoms with Gasteiger partial charge in [0.25, 0.3) is 0 Å². The Bertz CT molecular complexity index is 641. The summed E-state index contributed by atoms with van der Waals surface area (Å²) in [5.41, 5.74) is 2.32. The predicted molar refractivity (Wildman–Crippen MR) is 119 cm³/mol. The van der Waals surface area contributed by atoms with E-state index in [-0.39, 0.29) is 17.1 Å². The minimum Gasteiger partial charge on any atom is -0.513 e. The molecule has 0 saturated carbocycles. The van der Waals surface area contributed by atoms with E-state index in [0.717, 1.165) is 30.1 Å². The van der Waals surface area contributed by atoms with Crippen LogP contribution in [-0.4, -0.2) is 15.3 Å². The Morgan fingerprint density at radius 1 is 1.38 bits per heavy atom. The Morgan fingerprint density at radius 2 is 2.12 bits per heavy atom. The van der Waals surface area contributed by atoms with Crippen LogP contribution in [0, 0.1) is 23.2 Å². The van der Waals surface area contributed by atoms with Gasteiger partial charge in [-0.05, 0) is 74.7 Å². The molecule has 0 aromatic carbocycles. The Kier molecular flexibility index (Phi) is 7.75. The second-order valence-electron chi connectivity index (χ2n) is 8.20. The number of hydrogen-bond acceptors (Lipinski definition) is 2. The van der Waals surface area contributed by atoms with Crippen LogP contribution >= 0.6 is 22.6 Å². The number of rotatable bonds is 7. The van der Waals surface area contributed by atoms with Gasteiger partial charge in [0.05, 0.1) is 5.76 Å². The van der Waals surface area contributed by atoms with Gasteiger partial charge in [0.2, 0.25) is 0 Å². The van der Waals surface area contributed by atoms with Gasteiger partial charge in [-0.1, -0.05) is 65.0 Å². The van der Waals surface area contributed by atoms with Crippen molar-refractivity contribution in [2.45, 2.75) is 59.8 Å². The smallest absolute Gasteiger partial charge is 0.136 e. The topological polar surface area (TPSA) is 37.3 Å². The van der Waals surface area contributed by atoms with Crippen molar-refractivity contribution in [1.29, 1.82) is 0 Å². The van der Waals surface area contributed by atoms with Crippen LogP contribution in [-0.2, 0) is 4.79 Å². The largest absolute Gasteiger partial charge is 0.513 e. The van der Waals surface area contributed by atoms with Crippen LogP contribution in [0.5, 0.6) is 0 Å². The average Bonchev–Trinajstić information content (AvgIpc) is 2.63. The fourth-order valence-corrected chi connectivity index (χ4v) is 5.23. The highest BCUT2D eigenvalue weighted by Crippen LogP contribution is 2.46. The minimum atomic E-state index is -0.363. The molecule has 0 saturated heterocycles. The van der Waals surface area contributed by atoms with E-state index in [2.05, 4.69) is 60.7 Å². The van der Waals surface area contributed by atoms with E-state index in [1.54, 1.807) is 6.92 Å². The predicted octanol–water partition coefficient (Wildman–Crippen LogP) is 6.73. The number of halogens is 1. The number of hydrogen-bond donors (Lipinski definition) is 1. The summed E-state index contributed by atoms with van der Waals surface area (Å²) >= 11 is 2.45. The molecule has 0 bridgehead atoms. The molecule has 0 spiro atoms. The van der Waals surface area contributed by atoms with Crippen molar-refractivity contribution in [1.82, 2.24) is 0 Å². The SMILES string of the molecule is C/C=C(\C)C[C@@](C)(C(C)=O)[C@H]1C=CC=C([C@@H]2CC(O)=CCC2CCI)C1. The normalized spacial score (nSPS) is 29.0. The third kappa shape index (κ3) is 4.90. The van der Waals surface area contributed by atoms with Crippen molar-refractivity contribution in [3.05, 3.63) is 47.3 Å². The summed E-state index contributed by atoms with van der Waals surface area (Å²) < 4.78 is 1.14. The lowest BCUT2D eigenvalue weighted by atomic mass is 9.64. The van der Waals surface area contributed by atoms with Gasteiger partial charge >= 0.3 is 0 Å². The van der Waals surface area contributed by atoms with Crippen LogP contribution in [0.25, 0.3) is 0 Å². The Morgan fingerprint density at radius 3 is 2.73 bits per heavy atom. The molecule has 2 aliphatic rings. The molecule has 2 aliphatic carbocycles. The summed E-state index contributed by atoms with van der Waals surface area (Å²) in [6, 6.07) is 0. The van der Waals surface area contributed by atoms with E-state index in [1.807, 2.05) is 13.0 Å². The number of alkyl halides is 1. The molecular weight excluding hydrogens is 435 g/mol. The van der Waals surface area contributed by atoms with Crippen LogP contribution in [0.1, 0.15) is 59.8 Å². The van der Waals surface area contributed by atoms with Crippen molar-refractivity contribution >= 4 is 28.4 Å². The van der Waals surface area contributed by atoms with Gasteiger partial charge in [-0.15, -0.1) is 0 Å². The molecule has 3 heteroatoms. The third-order valence-electron chi connectivity index (χ3n) is 6.48. The van der Waals surface area contributed by atoms with Crippen molar-refractivity contribution in [2.24, 2.45) is 23.2 Å². The first-order valence-electron chi connectivity index (χ1n) is 9.75. The highest BCUT2D eigenvalue weighted by atomic mass is 127. The van der Waals surface area contributed by atoms with Crippen LogP contribution in [0.4, 0.5) is 0 Å². The van der Waals surface area contributed by atoms with Gasteiger partial charge in [-0.3, -0.25) is 4.79 Å². The maximum absolute atomic E-state index is 12.6. The summed E-state index contributed by atoms with van der Waals surface area (Å²) in [6.45, 7) is 8.03. The highest BCUT2D eigenvalue weighted by molar-refractivity contribution is 14.1. The molecule has 0 radical (unpaired) electrons. The molecule has 1 unspecified atom stereocenters. The number of aliphatic hydroxyl groups excluding tert-OH is 1. The van der Waals surface area contributed by atoms with E-state index < -0.39 is 0 Å². The molecule has 0 amide bonds. The number of carbonyl (C=O) groups excluding carboxylic acids is 1. The molecular formula is C23H33IO2. The van der Waals surface area contributed by atoms with Gasteiger partial charge in [0.15, 0.2) is 0 Å². The molecule has 0 aliphatic heterocycles. The molecule has 26 heavy (non-hydrogen) atoms. The summed E-state index contributed by atoms with van der Waals surface area (Å²) in [6.07, 6.45) is 15.4. The quantitative estimate of drug-likeness (QED) is 0.255. The van der Waals surface area contributed by atoms with E-state index in [1.165, 1.54) is 17.6 Å². The average molecular weight is 468 g/mol. The molecule has 144 valence electrons. The molecule has 0 fully saturated rings. The molecule has 2 nitrogen and oxygen atoms in total. The monoisotopic (exact) mass is 468 g/mol. The molecule has 0 heterocycles. The number of Topliss-reactive ketones (excluding diaryl/α,β-unsaturated/α-hetero) is 1. The van der Waals surface area contributed by atoms with E-state index in [9.17, 15) is 9.90 Å². The third-order valence-corrected chi connectivity index (χ3v) is 7.10. The standard InChI is InChI=1S/C23H33IO2/c1-5-16(2)15-23(4,17(3)25)20-8-6-7-19(13-20)22-14-21(26)10-9-18(22)11-12-24/h5-8,10,18,20,22,26H,9,11-15H2,1-4H3/b16-5+/t18?,20-,22+,23-/m0/s1. The van der Waals surface area contributed by atoms with Gasteiger partial charge in [-0.25, -0.2) is 0 Å². The lowest BCUT2D eigenvalue weighted by Gasteiger charge is -2.39. The summed E-state index contributed by atoms with van der Waals surface area (Å²) in [4.78, 5) is 12.6. The maximum Gasteiger partial charge on any atom is 0.136 e. The van der Waals surface area contributed by atoms with Gasteiger partial charge < -0.3 is 5.11 Å². The van der Waals surface area contributed by atoms with Crippen molar-refractivity contribution in [2.75, 3.05) is 4.43 Å². The van der Waals surface area contributed by atoms with Crippen molar-refractivity contribution in [3.8, 4) is 0 Å². The number of ketones is 1. The number of allylic oxidation sites excluding steroid dienone is 8. The lowest BCUT2D eigenvalue weighted by molar-refractivity contribution is -0.127. The second kappa shape index (κ2) is 9.38. The zero-order chi connectivity index (χ0) is 19.3. The Hall–Kier alpha value is -0.840. The highest BCUT2D eigenvalue weighted by Gasteiger charge is 2.40. The first kappa shape index (κ1) is 21.5. The number of carbonyl (C=O) groups is 1. The molecule has 2 rings (SSSR count). The molecule has 0 aromatic heterocycles. The fourth-order valence-electron chi connectivity index (χ4n) is 4.43. The Labute approximate surface area is 172 Å². The van der Waals surface area contributed by atoms with E-state index >= 15 is 0 Å². The first-order valence-corrected chi connectivity index (χ1v) is 11.3. The first-order chi connectivity index (χ1) is 12.3. The van der Waals surface area contributed by atoms with E-state index in [0.29, 0.717) is 17.6 Å². The molecule has 1 N–H and O–H groups in total.